The van der Waals surface area contributed by atoms with Crippen LogP contribution < -0.4 is 10.5 Å². The number of ether oxygens (including phenoxy) is 1. The molecule has 176 valence electrons. The van der Waals surface area contributed by atoms with Crippen LogP contribution in [0.25, 0.3) is 0 Å². The summed E-state index contributed by atoms with van der Waals surface area (Å²) in [5, 5.41) is 11.0. The average molecular weight is 525 g/mol. The monoisotopic (exact) mass is 524 g/mol. The summed E-state index contributed by atoms with van der Waals surface area (Å²) in [7, 11) is 0. The van der Waals surface area contributed by atoms with E-state index in [1.54, 1.807) is 26.0 Å². The molecule has 1 aliphatic carbocycles. The van der Waals surface area contributed by atoms with Crippen molar-refractivity contribution in [3.63, 3.8) is 0 Å². The fourth-order valence-corrected chi connectivity index (χ4v) is 5.19. The zero-order chi connectivity index (χ0) is 24.2. The number of amides is 1. The van der Waals surface area contributed by atoms with Gasteiger partial charge in [-0.05, 0) is 47.3 Å². The highest BCUT2D eigenvalue weighted by Crippen LogP contribution is 2.48. The van der Waals surface area contributed by atoms with E-state index in [2.05, 4.69) is 20.9 Å². The summed E-state index contributed by atoms with van der Waals surface area (Å²) in [4.78, 5) is 15.7. The van der Waals surface area contributed by atoms with Crippen molar-refractivity contribution in [2.45, 2.75) is 56.7 Å². The number of hydrogen-bond donors (Lipinski definition) is 2. The number of halogens is 4. The van der Waals surface area contributed by atoms with E-state index >= 15 is 0 Å². The van der Waals surface area contributed by atoms with Gasteiger partial charge in [-0.1, -0.05) is 35.9 Å². The van der Waals surface area contributed by atoms with Crippen LogP contribution in [0.1, 0.15) is 44.2 Å². The molecule has 0 fully saturated rings. The second-order valence-electron chi connectivity index (χ2n) is 9.36. The van der Waals surface area contributed by atoms with Gasteiger partial charge in [-0.2, -0.15) is 13.2 Å². The highest BCUT2D eigenvalue weighted by atomic mass is 79.9. The van der Waals surface area contributed by atoms with Crippen LogP contribution in [0.5, 0.6) is 5.75 Å². The Morgan fingerprint density at radius 1 is 1.27 bits per heavy atom. The number of nitrogens with zero attached hydrogens (tertiary/aromatic N) is 1. The molecule has 1 aromatic carbocycles. The highest BCUT2D eigenvalue weighted by Gasteiger charge is 2.56. The zero-order valence-electron chi connectivity index (χ0n) is 18.2. The minimum Gasteiger partial charge on any atom is -0.493 e. The standard InChI is InChI=1S/C24H24BrF3N2O3/c1-22(2,18-10-16(25)8-13-5-6-33-20(13)18)12-23(32,24(26,27)28)11-17-9-15-7-14(21(29)31)3-4-19(15)30-17/h3-4,8-10,32H,5-7,11-12H2,1-2H3,(H2,29,31). The molecular formula is C24H24BrF3N2O3. The number of rotatable bonds is 6. The maximum atomic E-state index is 14.2. The number of hydrogen-bond acceptors (Lipinski definition) is 4. The number of alkyl halides is 3. The van der Waals surface area contributed by atoms with Gasteiger partial charge in [-0.25, -0.2) is 0 Å². The predicted molar refractivity (Wildman–Crippen MR) is 122 cm³/mol. The predicted octanol–water partition coefficient (Wildman–Crippen LogP) is 4.82. The molecule has 0 saturated carbocycles. The van der Waals surface area contributed by atoms with Gasteiger partial charge in [0.15, 0.2) is 5.60 Å². The number of benzene rings is 1. The van der Waals surface area contributed by atoms with Gasteiger partial charge in [-0.15, -0.1) is 0 Å². The Hall–Kier alpha value is -2.39. The molecular weight excluding hydrogens is 501 g/mol. The Balaban J connectivity index is 1.63. The van der Waals surface area contributed by atoms with E-state index in [1.807, 2.05) is 6.07 Å². The van der Waals surface area contributed by atoms with Crippen LogP contribution in [0, 0.1) is 0 Å². The minimum atomic E-state index is -4.89. The summed E-state index contributed by atoms with van der Waals surface area (Å²) < 4.78 is 49.2. The Bertz CT molecular complexity index is 1150. The van der Waals surface area contributed by atoms with Gasteiger partial charge in [0.2, 0.25) is 5.91 Å². The normalized spacial score (nSPS) is 19.5. The first-order valence-corrected chi connectivity index (χ1v) is 11.3. The number of aliphatic imine (C=N–C) groups is 1. The lowest BCUT2D eigenvalue weighted by molar-refractivity contribution is -0.263. The van der Waals surface area contributed by atoms with Crippen molar-refractivity contribution in [2.24, 2.45) is 10.7 Å². The largest absolute Gasteiger partial charge is 0.493 e. The summed E-state index contributed by atoms with van der Waals surface area (Å²) >= 11 is 3.44. The van der Waals surface area contributed by atoms with Crippen LogP contribution in [0.3, 0.4) is 0 Å². The summed E-state index contributed by atoms with van der Waals surface area (Å²) in [6.45, 7) is 3.82. The minimum absolute atomic E-state index is 0.113. The van der Waals surface area contributed by atoms with Gasteiger partial charge in [0.1, 0.15) is 5.75 Å². The first kappa shape index (κ1) is 23.8. The number of carbonyl (C=O) groups is 1. The number of nitrogens with two attached hydrogens (primary N) is 1. The number of carbonyl (C=O) groups excluding carboxylic acids is 1. The highest BCUT2D eigenvalue weighted by molar-refractivity contribution is 9.10. The SMILES string of the molecule is CC(C)(CC(O)(CC1=NC2=CC=C(C(N)=O)CC2=C1)C(F)(F)F)c1cc(Br)cc2c1OCC2. The van der Waals surface area contributed by atoms with Gasteiger partial charge >= 0.3 is 6.18 Å². The molecule has 0 radical (unpaired) electrons. The van der Waals surface area contributed by atoms with Crippen molar-refractivity contribution < 1.29 is 27.8 Å². The fourth-order valence-electron chi connectivity index (χ4n) is 4.68. The van der Waals surface area contributed by atoms with Crippen molar-refractivity contribution in [3.05, 3.63) is 62.8 Å². The lowest BCUT2D eigenvalue weighted by Crippen LogP contribution is -2.50. The molecule has 0 saturated heterocycles. The van der Waals surface area contributed by atoms with Crippen LogP contribution in [0.2, 0.25) is 0 Å². The van der Waals surface area contributed by atoms with Crippen LogP contribution in [-0.4, -0.2) is 35.1 Å². The van der Waals surface area contributed by atoms with Crippen molar-refractivity contribution in [2.75, 3.05) is 6.61 Å². The van der Waals surface area contributed by atoms with Gasteiger partial charge in [-0.3, -0.25) is 9.79 Å². The van der Waals surface area contributed by atoms with Crippen LogP contribution in [-0.2, 0) is 16.6 Å². The molecule has 2 aliphatic heterocycles. The van der Waals surface area contributed by atoms with E-state index in [1.165, 1.54) is 12.2 Å². The van der Waals surface area contributed by atoms with Gasteiger partial charge in [0.25, 0.3) is 0 Å². The van der Waals surface area contributed by atoms with Crippen LogP contribution in [0.15, 0.2) is 56.7 Å². The Morgan fingerprint density at radius 3 is 2.67 bits per heavy atom. The second-order valence-corrected chi connectivity index (χ2v) is 10.3. The molecule has 1 amide bonds. The summed E-state index contributed by atoms with van der Waals surface area (Å²) in [6.07, 6.45) is -0.708. The molecule has 1 unspecified atom stereocenters. The van der Waals surface area contributed by atoms with E-state index < -0.39 is 35.9 Å². The molecule has 33 heavy (non-hydrogen) atoms. The maximum absolute atomic E-state index is 14.2. The zero-order valence-corrected chi connectivity index (χ0v) is 19.8. The second kappa shape index (κ2) is 8.13. The number of primary amides is 1. The smallest absolute Gasteiger partial charge is 0.417 e. The van der Waals surface area contributed by atoms with E-state index in [9.17, 15) is 23.1 Å². The molecule has 4 rings (SSSR count). The molecule has 2 heterocycles. The van der Waals surface area contributed by atoms with Gasteiger partial charge < -0.3 is 15.6 Å². The Kier molecular flexibility index (Phi) is 5.85. The fraction of sp³-hybridized carbons (Fsp3) is 0.417. The topological polar surface area (TPSA) is 84.9 Å². The lowest BCUT2D eigenvalue weighted by atomic mass is 9.72. The third-order valence-corrected chi connectivity index (χ3v) is 6.74. The quantitative estimate of drug-likeness (QED) is 0.559. The van der Waals surface area contributed by atoms with Crippen molar-refractivity contribution in [1.29, 1.82) is 0 Å². The van der Waals surface area contributed by atoms with Crippen molar-refractivity contribution in [1.82, 2.24) is 0 Å². The van der Waals surface area contributed by atoms with E-state index in [0.717, 1.165) is 10.0 Å². The molecule has 5 nitrogen and oxygen atoms in total. The van der Waals surface area contributed by atoms with Crippen molar-refractivity contribution >= 4 is 27.5 Å². The third-order valence-electron chi connectivity index (χ3n) is 6.29. The molecule has 3 aliphatic rings. The van der Waals surface area contributed by atoms with E-state index in [0.29, 0.717) is 41.2 Å². The number of aliphatic hydroxyl groups is 1. The van der Waals surface area contributed by atoms with Gasteiger partial charge in [0.05, 0.1) is 12.3 Å². The summed E-state index contributed by atoms with van der Waals surface area (Å²) in [5.41, 5.74) is 4.36. The molecule has 1 atom stereocenters. The molecule has 0 bridgehead atoms. The summed E-state index contributed by atoms with van der Waals surface area (Å²) in [5.74, 6) is 0.00579. The number of fused-ring (bicyclic) bond motifs is 2. The molecule has 3 N–H and O–H groups in total. The molecule has 9 heteroatoms. The molecule has 1 aromatic rings. The molecule has 0 spiro atoms. The Labute approximate surface area is 198 Å². The Morgan fingerprint density at radius 2 is 2.00 bits per heavy atom. The van der Waals surface area contributed by atoms with Gasteiger partial charge in [0, 0.05) is 40.6 Å². The number of allylic oxidation sites excluding steroid dienone is 4. The first-order valence-electron chi connectivity index (χ1n) is 10.5. The average Bonchev–Trinajstić information content (AvgIpc) is 3.30. The van der Waals surface area contributed by atoms with Crippen LogP contribution in [0.4, 0.5) is 13.2 Å². The first-order chi connectivity index (χ1) is 15.3. The lowest BCUT2D eigenvalue weighted by Gasteiger charge is -2.38. The maximum Gasteiger partial charge on any atom is 0.417 e. The van der Waals surface area contributed by atoms with E-state index in [-0.39, 0.29) is 12.1 Å². The van der Waals surface area contributed by atoms with Crippen molar-refractivity contribution in [3.8, 4) is 5.75 Å². The molecule has 0 aromatic heterocycles. The summed E-state index contributed by atoms with van der Waals surface area (Å²) in [6, 6.07) is 3.66. The van der Waals surface area contributed by atoms with E-state index in [4.69, 9.17) is 10.5 Å². The third kappa shape index (κ3) is 4.53. The van der Waals surface area contributed by atoms with Crippen LogP contribution >= 0.6 is 15.9 Å².